The third-order valence-corrected chi connectivity index (χ3v) is 8.71. The zero-order valence-electron chi connectivity index (χ0n) is 24.4. The first kappa shape index (κ1) is 34.0. The van der Waals surface area contributed by atoms with Crippen molar-refractivity contribution >= 4 is 36.3 Å². The molecule has 3 aromatic rings. The lowest BCUT2D eigenvalue weighted by atomic mass is 10.1. The van der Waals surface area contributed by atoms with Crippen LogP contribution in [0, 0.1) is 17.7 Å². The van der Waals surface area contributed by atoms with Crippen LogP contribution < -0.4 is 5.73 Å². The molecule has 0 radical (unpaired) electrons. The number of rotatable bonds is 20. The van der Waals surface area contributed by atoms with Crippen molar-refractivity contribution < 1.29 is 23.1 Å². The van der Waals surface area contributed by atoms with Crippen LogP contribution in [0.4, 0.5) is 10.2 Å². The quantitative estimate of drug-likeness (QED) is 0.0798. The first-order valence-electron chi connectivity index (χ1n) is 14.7. The Hall–Kier alpha value is -2.48. The topological polar surface area (TPSA) is 125 Å². The smallest absolute Gasteiger partial charge is 0.353 e. The first-order chi connectivity index (χ1) is 20.4. The SMILES string of the molecule is C[C@H](Cn1cnc2c(N)ncnc21)OCP(=O)(O)OCCSCCCCCCCCCCCC#Cc1ccccc1F. The van der Waals surface area contributed by atoms with E-state index >= 15 is 0 Å². The second-order valence-electron chi connectivity index (χ2n) is 10.2. The number of nitrogens with zero attached hydrogens (tertiary/aromatic N) is 4. The third kappa shape index (κ3) is 12.8. The van der Waals surface area contributed by atoms with E-state index < -0.39 is 7.60 Å². The average Bonchev–Trinajstić information content (AvgIpc) is 3.38. The van der Waals surface area contributed by atoms with Gasteiger partial charge >= 0.3 is 7.60 Å². The monoisotopic (exact) mass is 619 g/mol. The fourth-order valence-corrected chi connectivity index (χ4v) is 6.17. The molecule has 2 aromatic heterocycles. The largest absolute Gasteiger partial charge is 0.382 e. The number of ether oxygens (including phenoxy) is 1. The number of halogens is 1. The maximum atomic E-state index is 13.5. The Kier molecular flexibility index (Phi) is 15.3. The number of fused-ring (bicyclic) bond motifs is 1. The Balaban J connectivity index is 1.10. The van der Waals surface area contributed by atoms with Crippen LogP contribution in [0.1, 0.15) is 76.7 Å². The van der Waals surface area contributed by atoms with Crippen molar-refractivity contribution in [2.24, 2.45) is 0 Å². The van der Waals surface area contributed by atoms with Gasteiger partial charge in [-0.2, -0.15) is 11.8 Å². The number of imidazole rings is 1. The van der Waals surface area contributed by atoms with Crippen LogP contribution in [-0.2, 0) is 20.4 Å². The van der Waals surface area contributed by atoms with E-state index in [2.05, 4.69) is 26.8 Å². The van der Waals surface area contributed by atoms with Crippen LogP contribution >= 0.6 is 19.4 Å². The first-order valence-corrected chi connectivity index (χ1v) is 17.6. The number of nitrogens with two attached hydrogens (primary N) is 1. The molecule has 0 bridgehead atoms. The highest BCUT2D eigenvalue weighted by Gasteiger charge is 2.21. The molecule has 0 fully saturated rings. The van der Waals surface area contributed by atoms with Crippen molar-refractivity contribution in [2.45, 2.75) is 83.8 Å². The van der Waals surface area contributed by atoms with E-state index in [0.29, 0.717) is 34.8 Å². The Morgan fingerprint density at radius 2 is 1.76 bits per heavy atom. The van der Waals surface area contributed by atoms with E-state index in [1.165, 1.54) is 57.3 Å². The molecule has 2 atom stereocenters. The molecule has 42 heavy (non-hydrogen) atoms. The summed E-state index contributed by atoms with van der Waals surface area (Å²) in [6.45, 7) is 2.42. The lowest BCUT2D eigenvalue weighted by molar-refractivity contribution is 0.0724. The van der Waals surface area contributed by atoms with Gasteiger partial charge in [-0.3, -0.25) is 4.57 Å². The van der Waals surface area contributed by atoms with Crippen LogP contribution in [-0.4, -0.2) is 55.0 Å². The van der Waals surface area contributed by atoms with Gasteiger partial charge in [0.2, 0.25) is 0 Å². The number of benzene rings is 1. The number of unbranched alkanes of at least 4 members (excludes halogenated alkanes) is 9. The van der Waals surface area contributed by atoms with Crippen molar-refractivity contribution in [1.29, 1.82) is 0 Å². The van der Waals surface area contributed by atoms with Gasteiger partial charge in [0, 0.05) is 12.2 Å². The molecule has 3 N–H and O–H groups in total. The molecule has 1 unspecified atom stereocenters. The highest BCUT2D eigenvalue weighted by molar-refractivity contribution is 7.99. The van der Waals surface area contributed by atoms with Gasteiger partial charge in [0.25, 0.3) is 0 Å². The molecule has 2 heterocycles. The standard InChI is InChI=1S/C30H43FN5O4PS/c1-25(21-36-23-35-28-29(32)33-22-34-30(28)36)39-24-41(37,38)40-18-20-42-19-14-10-8-6-4-2-3-5-7-9-11-15-26-16-12-13-17-27(26)31/h12-13,16-17,22-23,25H,2-10,14,18-21,24H2,1H3,(H,37,38)(H2,32,33,34)/t25-/m1/s1. The molecule has 0 amide bonds. The second-order valence-corrected chi connectivity index (χ2v) is 13.2. The summed E-state index contributed by atoms with van der Waals surface area (Å²) < 4.78 is 38.4. The minimum absolute atomic E-state index is 0.216. The molecule has 0 aliphatic heterocycles. The van der Waals surface area contributed by atoms with Gasteiger partial charge in [-0.1, -0.05) is 68.9 Å². The lowest BCUT2D eigenvalue weighted by Crippen LogP contribution is -2.17. The van der Waals surface area contributed by atoms with Crippen LogP contribution in [0.15, 0.2) is 36.9 Å². The van der Waals surface area contributed by atoms with E-state index in [4.69, 9.17) is 15.0 Å². The van der Waals surface area contributed by atoms with Gasteiger partial charge in [0.05, 0.1) is 31.1 Å². The highest BCUT2D eigenvalue weighted by Crippen LogP contribution is 2.42. The van der Waals surface area contributed by atoms with Gasteiger partial charge in [0.15, 0.2) is 11.5 Å². The predicted octanol–water partition coefficient (Wildman–Crippen LogP) is 6.80. The van der Waals surface area contributed by atoms with Crippen LogP contribution in [0.3, 0.4) is 0 Å². The van der Waals surface area contributed by atoms with Crippen LogP contribution in [0.25, 0.3) is 11.2 Å². The summed E-state index contributed by atoms with van der Waals surface area (Å²) in [6.07, 6.45) is 13.9. The Morgan fingerprint density at radius 1 is 1.05 bits per heavy atom. The molecule has 1 aromatic carbocycles. The minimum atomic E-state index is -3.82. The van der Waals surface area contributed by atoms with Crippen molar-refractivity contribution in [1.82, 2.24) is 19.5 Å². The molecule has 0 aliphatic carbocycles. The number of nitrogen functional groups attached to an aromatic ring is 1. The van der Waals surface area contributed by atoms with Crippen molar-refractivity contribution in [3.8, 4) is 11.8 Å². The molecule has 0 saturated heterocycles. The molecule has 3 rings (SSSR count). The van der Waals surface area contributed by atoms with Crippen LogP contribution in [0.2, 0.25) is 0 Å². The normalized spacial score (nSPS) is 13.5. The van der Waals surface area contributed by atoms with E-state index in [0.717, 1.165) is 25.0 Å². The second kappa shape index (κ2) is 18.9. The van der Waals surface area contributed by atoms with Gasteiger partial charge in [-0.15, -0.1) is 0 Å². The van der Waals surface area contributed by atoms with Gasteiger partial charge in [0.1, 0.15) is 24.0 Å². The van der Waals surface area contributed by atoms with E-state index in [9.17, 15) is 13.8 Å². The zero-order chi connectivity index (χ0) is 30.0. The number of hydrogen-bond acceptors (Lipinski definition) is 8. The fourth-order valence-electron chi connectivity index (χ4n) is 4.34. The summed E-state index contributed by atoms with van der Waals surface area (Å²) in [4.78, 5) is 22.4. The van der Waals surface area contributed by atoms with Crippen molar-refractivity contribution in [3.05, 3.63) is 48.3 Å². The Morgan fingerprint density at radius 3 is 2.52 bits per heavy atom. The van der Waals surface area contributed by atoms with E-state index in [-0.39, 0.29) is 24.9 Å². The average molecular weight is 620 g/mol. The molecule has 230 valence electrons. The summed E-state index contributed by atoms with van der Waals surface area (Å²) in [5.41, 5.74) is 7.39. The predicted molar refractivity (Wildman–Crippen MR) is 168 cm³/mol. The van der Waals surface area contributed by atoms with E-state index in [1.54, 1.807) is 40.9 Å². The zero-order valence-corrected chi connectivity index (χ0v) is 26.1. The third-order valence-electron chi connectivity index (χ3n) is 6.61. The van der Waals surface area contributed by atoms with Gasteiger partial charge in [-0.25, -0.2) is 19.3 Å². The minimum Gasteiger partial charge on any atom is -0.382 e. The summed E-state index contributed by atoms with van der Waals surface area (Å²) in [7, 11) is -3.82. The number of aromatic nitrogens is 4. The molecular formula is C30H43FN5O4PS. The summed E-state index contributed by atoms with van der Waals surface area (Å²) in [6, 6.07) is 6.64. The fraction of sp³-hybridized carbons (Fsp3) is 0.567. The Labute approximate surface area is 252 Å². The summed E-state index contributed by atoms with van der Waals surface area (Å²) >= 11 is 1.74. The number of hydrogen-bond donors (Lipinski definition) is 2. The van der Waals surface area contributed by atoms with Crippen molar-refractivity contribution in [3.63, 3.8) is 0 Å². The van der Waals surface area contributed by atoms with Gasteiger partial charge < -0.3 is 24.5 Å². The molecule has 12 heteroatoms. The van der Waals surface area contributed by atoms with E-state index in [1.807, 2.05) is 6.92 Å². The molecule has 9 nitrogen and oxygen atoms in total. The highest BCUT2D eigenvalue weighted by atomic mass is 32.2. The maximum Gasteiger partial charge on any atom is 0.353 e. The number of anilines is 1. The summed E-state index contributed by atoms with van der Waals surface area (Å²) in [5, 5.41) is 0. The molecule has 0 spiro atoms. The van der Waals surface area contributed by atoms with Gasteiger partial charge in [-0.05, 0) is 37.7 Å². The van der Waals surface area contributed by atoms with Crippen LogP contribution in [0.5, 0.6) is 0 Å². The molecule has 0 saturated carbocycles. The summed E-state index contributed by atoms with van der Waals surface area (Å²) in [5.74, 6) is 7.74. The molecule has 0 aliphatic rings. The molecular weight excluding hydrogens is 576 g/mol. The lowest BCUT2D eigenvalue weighted by Gasteiger charge is -2.17. The Bertz CT molecular complexity index is 1330. The van der Waals surface area contributed by atoms with Crippen molar-refractivity contribution in [2.75, 3.05) is 30.2 Å². The maximum absolute atomic E-state index is 13.5. The number of thioether (sulfide) groups is 1.